The summed E-state index contributed by atoms with van der Waals surface area (Å²) >= 11 is 0. The van der Waals surface area contributed by atoms with Gasteiger partial charge in [0.05, 0.1) is 0 Å². The van der Waals surface area contributed by atoms with E-state index in [4.69, 9.17) is 4.42 Å². The number of benzene rings is 1. The standard InChI is InChI=1S/C18H21NO/c1-5-8-17-14(3)16-11-10-13(2)15(18(16)20-17)9-6-7-12-19-4/h5-8,10-12H,9H2,1-4H3/b7-6-,8-5-,19-12?. The average molecular weight is 267 g/mol. The highest BCUT2D eigenvalue weighted by Gasteiger charge is 2.12. The minimum atomic E-state index is 0.859. The number of fused-ring (bicyclic) bond motifs is 1. The molecule has 0 aliphatic heterocycles. The molecule has 0 aliphatic rings. The van der Waals surface area contributed by atoms with Crippen molar-refractivity contribution in [1.29, 1.82) is 0 Å². The lowest BCUT2D eigenvalue weighted by atomic mass is 10.0. The summed E-state index contributed by atoms with van der Waals surface area (Å²) in [6.45, 7) is 6.25. The molecule has 20 heavy (non-hydrogen) atoms. The summed E-state index contributed by atoms with van der Waals surface area (Å²) in [6, 6.07) is 4.32. The first-order valence-electron chi connectivity index (χ1n) is 6.90. The van der Waals surface area contributed by atoms with Crippen molar-refractivity contribution in [1.82, 2.24) is 0 Å². The van der Waals surface area contributed by atoms with Gasteiger partial charge in [-0.1, -0.05) is 24.3 Å². The highest BCUT2D eigenvalue weighted by atomic mass is 16.3. The van der Waals surface area contributed by atoms with E-state index in [0.717, 1.165) is 17.8 Å². The summed E-state index contributed by atoms with van der Waals surface area (Å²) in [6.07, 6.45) is 10.8. The van der Waals surface area contributed by atoms with E-state index in [9.17, 15) is 0 Å². The van der Waals surface area contributed by atoms with Gasteiger partial charge in [0.1, 0.15) is 11.3 Å². The quantitative estimate of drug-likeness (QED) is 0.725. The van der Waals surface area contributed by atoms with Gasteiger partial charge >= 0.3 is 0 Å². The Hall–Kier alpha value is -2.09. The Kier molecular flexibility index (Phi) is 4.57. The summed E-state index contributed by atoms with van der Waals surface area (Å²) < 4.78 is 6.05. The molecule has 0 aliphatic carbocycles. The molecule has 2 rings (SSSR count). The molecule has 0 bridgehead atoms. The van der Waals surface area contributed by atoms with Crippen molar-refractivity contribution in [2.45, 2.75) is 27.2 Å². The highest BCUT2D eigenvalue weighted by molar-refractivity contribution is 5.88. The molecule has 0 fully saturated rings. The van der Waals surface area contributed by atoms with E-state index in [1.807, 2.05) is 25.2 Å². The molecule has 0 spiro atoms. The second kappa shape index (κ2) is 6.38. The van der Waals surface area contributed by atoms with Crippen LogP contribution in [0.5, 0.6) is 0 Å². The van der Waals surface area contributed by atoms with Crippen LogP contribution in [0.15, 0.2) is 39.8 Å². The van der Waals surface area contributed by atoms with Gasteiger partial charge in [0.15, 0.2) is 0 Å². The van der Waals surface area contributed by atoms with Crippen LogP contribution in [0.4, 0.5) is 0 Å². The van der Waals surface area contributed by atoms with Gasteiger partial charge in [-0.3, -0.25) is 4.99 Å². The van der Waals surface area contributed by atoms with Gasteiger partial charge in [-0.25, -0.2) is 0 Å². The molecule has 1 aromatic heterocycles. The van der Waals surface area contributed by atoms with Gasteiger partial charge in [-0.05, 0) is 44.9 Å². The molecule has 0 unspecified atom stereocenters. The minimum absolute atomic E-state index is 0.859. The summed E-state index contributed by atoms with van der Waals surface area (Å²) in [5, 5.41) is 1.20. The normalized spacial score (nSPS) is 12.6. The van der Waals surface area contributed by atoms with Crippen molar-refractivity contribution in [2.75, 3.05) is 7.05 Å². The first kappa shape index (κ1) is 14.3. The van der Waals surface area contributed by atoms with Crippen molar-refractivity contribution in [3.8, 4) is 0 Å². The lowest BCUT2D eigenvalue weighted by molar-refractivity contribution is 0.597. The van der Waals surface area contributed by atoms with E-state index in [1.165, 1.54) is 22.1 Å². The molecule has 104 valence electrons. The second-order valence-electron chi connectivity index (χ2n) is 4.87. The summed E-state index contributed by atoms with van der Waals surface area (Å²) in [5.74, 6) is 0.952. The molecule has 0 atom stereocenters. The van der Waals surface area contributed by atoms with E-state index < -0.39 is 0 Å². The van der Waals surface area contributed by atoms with Gasteiger partial charge in [-0.15, -0.1) is 0 Å². The lowest BCUT2D eigenvalue weighted by Crippen LogP contribution is -1.88. The fourth-order valence-electron chi connectivity index (χ4n) is 2.35. The Morgan fingerprint density at radius 2 is 2.05 bits per heavy atom. The number of hydrogen-bond donors (Lipinski definition) is 0. The van der Waals surface area contributed by atoms with E-state index in [1.54, 1.807) is 13.3 Å². The largest absolute Gasteiger partial charge is 0.456 e. The molecule has 0 N–H and O–H groups in total. The van der Waals surface area contributed by atoms with E-state index in [-0.39, 0.29) is 0 Å². The molecule has 2 nitrogen and oxygen atoms in total. The maximum absolute atomic E-state index is 6.05. The van der Waals surface area contributed by atoms with E-state index in [0.29, 0.717) is 0 Å². The van der Waals surface area contributed by atoms with Crippen LogP contribution in [0.2, 0.25) is 0 Å². The number of nitrogens with zero attached hydrogens (tertiary/aromatic N) is 1. The van der Waals surface area contributed by atoms with Crippen LogP contribution in [0.1, 0.15) is 29.4 Å². The molecular formula is C18H21NO. The Balaban J connectivity index is 2.52. The Morgan fingerprint density at radius 3 is 2.75 bits per heavy atom. The van der Waals surface area contributed by atoms with Gasteiger partial charge in [0.25, 0.3) is 0 Å². The van der Waals surface area contributed by atoms with Crippen molar-refractivity contribution < 1.29 is 4.42 Å². The maximum Gasteiger partial charge on any atom is 0.138 e. The summed E-state index contributed by atoms with van der Waals surface area (Å²) in [7, 11) is 1.77. The van der Waals surface area contributed by atoms with Crippen LogP contribution in [-0.2, 0) is 6.42 Å². The van der Waals surface area contributed by atoms with E-state index >= 15 is 0 Å². The third-order valence-corrected chi connectivity index (χ3v) is 3.49. The molecule has 1 heterocycles. The van der Waals surface area contributed by atoms with Crippen molar-refractivity contribution in [2.24, 2.45) is 4.99 Å². The van der Waals surface area contributed by atoms with Crippen LogP contribution in [0.25, 0.3) is 17.0 Å². The number of aliphatic imine (C=N–C) groups is 1. The minimum Gasteiger partial charge on any atom is -0.456 e. The zero-order chi connectivity index (χ0) is 14.5. The number of furan rings is 1. The third kappa shape index (κ3) is 2.74. The van der Waals surface area contributed by atoms with Crippen LogP contribution in [-0.4, -0.2) is 13.3 Å². The topological polar surface area (TPSA) is 25.5 Å². The second-order valence-corrected chi connectivity index (χ2v) is 4.87. The lowest BCUT2D eigenvalue weighted by Gasteiger charge is -2.03. The number of aryl methyl sites for hydroxylation is 2. The number of rotatable bonds is 4. The van der Waals surface area contributed by atoms with Crippen LogP contribution in [0, 0.1) is 13.8 Å². The van der Waals surface area contributed by atoms with Gasteiger partial charge in [-0.2, -0.15) is 0 Å². The van der Waals surface area contributed by atoms with Crippen LogP contribution >= 0.6 is 0 Å². The fourth-order valence-corrected chi connectivity index (χ4v) is 2.35. The van der Waals surface area contributed by atoms with E-state index in [2.05, 4.69) is 37.0 Å². The summed E-state index contributed by atoms with van der Waals surface area (Å²) in [4.78, 5) is 3.95. The maximum atomic E-state index is 6.05. The van der Waals surface area contributed by atoms with Crippen LogP contribution in [0.3, 0.4) is 0 Å². The Morgan fingerprint density at radius 1 is 1.25 bits per heavy atom. The molecule has 0 saturated heterocycles. The molecule has 0 radical (unpaired) electrons. The smallest absolute Gasteiger partial charge is 0.138 e. The Bertz CT molecular complexity index is 687. The van der Waals surface area contributed by atoms with Crippen LogP contribution < -0.4 is 0 Å². The van der Waals surface area contributed by atoms with Gasteiger partial charge < -0.3 is 4.42 Å². The molecular weight excluding hydrogens is 246 g/mol. The number of allylic oxidation sites excluding steroid dienone is 3. The first-order valence-corrected chi connectivity index (χ1v) is 6.90. The Labute approximate surface area is 120 Å². The molecule has 0 amide bonds. The first-order chi connectivity index (χ1) is 9.69. The average Bonchev–Trinajstić information content (AvgIpc) is 2.74. The predicted molar refractivity (Wildman–Crippen MR) is 87.7 cm³/mol. The molecule has 1 aromatic carbocycles. The van der Waals surface area contributed by atoms with Crippen molar-refractivity contribution in [3.05, 3.63) is 52.8 Å². The van der Waals surface area contributed by atoms with Gasteiger partial charge in [0.2, 0.25) is 0 Å². The zero-order valence-electron chi connectivity index (χ0n) is 12.6. The zero-order valence-corrected chi connectivity index (χ0v) is 12.6. The number of hydrogen-bond acceptors (Lipinski definition) is 2. The highest BCUT2D eigenvalue weighted by Crippen LogP contribution is 2.31. The fraction of sp³-hybridized carbons (Fsp3) is 0.278. The molecule has 0 saturated carbocycles. The molecule has 2 heteroatoms. The van der Waals surface area contributed by atoms with Crippen molar-refractivity contribution >= 4 is 23.3 Å². The van der Waals surface area contributed by atoms with Gasteiger partial charge in [0, 0.05) is 29.8 Å². The predicted octanol–water partition coefficient (Wildman–Crippen LogP) is 4.88. The van der Waals surface area contributed by atoms with Crippen molar-refractivity contribution in [3.63, 3.8) is 0 Å². The SMILES string of the molecule is C/C=C\c1oc2c(C/C=C\C=NC)c(C)ccc2c1C. The molecule has 2 aromatic rings. The summed E-state index contributed by atoms with van der Waals surface area (Å²) in [5.41, 5.74) is 4.73. The third-order valence-electron chi connectivity index (χ3n) is 3.49. The monoisotopic (exact) mass is 267 g/mol.